The lowest BCUT2D eigenvalue weighted by atomic mass is 10.1. The second-order valence-corrected chi connectivity index (χ2v) is 9.66. The average Bonchev–Trinajstić information content (AvgIpc) is 3.23. The van der Waals surface area contributed by atoms with Crippen molar-refractivity contribution in [2.24, 2.45) is 5.92 Å². The van der Waals surface area contributed by atoms with E-state index in [1.807, 2.05) is 13.8 Å². The van der Waals surface area contributed by atoms with Crippen molar-refractivity contribution in [1.29, 1.82) is 0 Å². The Morgan fingerprint density at radius 3 is 2.71 bits per heavy atom. The Hall–Kier alpha value is -3.18. The van der Waals surface area contributed by atoms with Gasteiger partial charge in [0, 0.05) is 38.9 Å². The maximum Gasteiger partial charge on any atom is 0.274 e. The van der Waals surface area contributed by atoms with E-state index >= 15 is 0 Å². The van der Waals surface area contributed by atoms with Crippen LogP contribution < -0.4 is 5.43 Å². The predicted molar refractivity (Wildman–Crippen MR) is 122 cm³/mol. The molecule has 3 heterocycles. The second kappa shape index (κ2) is 9.59. The van der Waals surface area contributed by atoms with Crippen molar-refractivity contribution in [3.63, 3.8) is 0 Å². The van der Waals surface area contributed by atoms with Crippen molar-refractivity contribution < 1.29 is 23.4 Å². The minimum atomic E-state index is -0.732. The fourth-order valence-corrected chi connectivity index (χ4v) is 4.89. The standard InChI is InChI=1S/C23H24F2N4O4S/c1-12(2)8-29-15(11-33-3)9-28-10-16(20(30)21(31)19(28)23(29)32)22-27-26-18(34-22)6-13-4-5-14(24)7-17(13)25/h4-5,7,10,12,15,31H,6,8-9,11H2,1-3H3. The van der Waals surface area contributed by atoms with Crippen LogP contribution in [0.4, 0.5) is 8.78 Å². The maximum absolute atomic E-state index is 14.0. The van der Waals surface area contributed by atoms with E-state index in [9.17, 15) is 23.5 Å². The van der Waals surface area contributed by atoms with Crippen LogP contribution in [0.25, 0.3) is 10.6 Å². The molecule has 3 aromatic rings. The summed E-state index contributed by atoms with van der Waals surface area (Å²) in [6, 6.07) is 3.01. The molecular weight excluding hydrogens is 466 g/mol. The zero-order valence-electron chi connectivity index (χ0n) is 18.9. The van der Waals surface area contributed by atoms with Gasteiger partial charge in [-0.25, -0.2) is 8.78 Å². The van der Waals surface area contributed by atoms with E-state index in [1.165, 1.54) is 12.3 Å². The van der Waals surface area contributed by atoms with Gasteiger partial charge in [0.15, 0.2) is 16.5 Å². The Morgan fingerprint density at radius 2 is 2.03 bits per heavy atom. The van der Waals surface area contributed by atoms with Crippen LogP contribution in [-0.4, -0.2) is 57.0 Å². The molecule has 1 amide bonds. The van der Waals surface area contributed by atoms with Crippen LogP contribution in [0.5, 0.6) is 5.75 Å². The number of nitrogens with zero attached hydrogens (tertiary/aromatic N) is 4. The summed E-state index contributed by atoms with van der Waals surface area (Å²) in [6.07, 6.45) is 1.56. The molecule has 8 nitrogen and oxygen atoms in total. The predicted octanol–water partition coefficient (Wildman–Crippen LogP) is 3.07. The number of pyridine rings is 1. The molecule has 4 rings (SSSR count). The zero-order chi connectivity index (χ0) is 24.6. The lowest BCUT2D eigenvalue weighted by molar-refractivity contribution is 0.0369. The lowest BCUT2D eigenvalue weighted by Gasteiger charge is -2.38. The van der Waals surface area contributed by atoms with E-state index in [0.717, 1.165) is 23.5 Å². The Morgan fingerprint density at radius 1 is 1.26 bits per heavy atom. The highest BCUT2D eigenvalue weighted by Crippen LogP contribution is 2.29. The van der Waals surface area contributed by atoms with Crippen molar-refractivity contribution >= 4 is 17.2 Å². The molecule has 34 heavy (non-hydrogen) atoms. The number of methoxy groups -OCH3 is 1. The number of fused-ring (bicyclic) bond motifs is 1. The highest BCUT2D eigenvalue weighted by molar-refractivity contribution is 7.14. The van der Waals surface area contributed by atoms with Crippen molar-refractivity contribution in [3.05, 3.63) is 62.5 Å². The molecule has 1 aliphatic rings. The topological polar surface area (TPSA) is 97.5 Å². The molecule has 1 aliphatic heterocycles. The Balaban J connectivity index is 1.69. The number of ether oxygens (including phenoxy) is 1. The van der Waals surface area contributed by atoms with Crippen LogP contribution in [-0.2, 0) is 17.7 Å². The largest absolute Gasteiger partial charge is 0.503 e. The summed E-state index contributed by atoms with van der Waals surface area (Å²) in [5.41, 5.74) is -0.469. The molecule has 11 heteroatoms. The molecule has 0 bridgehead atoms. The molecule has 1 aromatic carbocycles. The summed E-state index contributed by atoms with van der Waals surface area (Å²) in [7, 11) is 1.55. The average molecular weight is 491 g/mol. The molecular formula is C23H24F2N4O4S. The molecule has 180 valence electrons. The molecule has 1 N–H and O–H groups in total. The second-order valence-electron chi connectivity index (χ2n) is 8.60. The van der Waals surface area contributed by atoms with E-state index in [-0.39, 0.29) is 40.2 Å². The summed E-state index contributed by atoms with van der Waals surface area (Å²) >= 11 is 1.06. The molecule has 0 spiro atoms. The Bertz CT molecular complexity index is 1290. The zero-order valence-corrected chi connectivity index (χ0v) is 19.7. The first-order valence-electron chi connectivity index (χ1n) is 10.7. The van der Waals surface area contributed by atoms with Crippen LogP contribution in [0.1, 0.15) is 34.9 Å². The number of hydrogen-bond donors (Lipinski definition) is 1. The van der Waals surface area contributed by atoms with Gasteiger partial charge in [-0.15, -0.1) is 10.2 Å². The van der Waals surface area contributed by atoms with Crippen molar-refractivity contribution in [1.82, 2.24) is 19.7 Å². The van der Waals surface area contributed by atoms with Crippen molar-refractivity contribution in [2.45, 2.75) is 32.9 Å². The first-order valence-corrected chi connectivity index (χ1v) is 11.5. The van der Waals surface area contributed by atoms with Crippen molar-refractivity contribution in [3.8, 4) is 16.3 Å². The normalized spacial score (nSPS) is 15.8. The summed E-state index contributed by atoms with van der Waals surface area (Å²) in [4.78, 5) is 27.8. The van der Waals surface area contributed by atoms with Gasteiger partial charge in [0.1, 0.15) is 16.6 Å². The van der Waals surface area contributed by atoms with E-state index in [4.69, 9.17) is 4.74 Å². The van der Waals surface area contributed by atoms with E-state index in [0.29, 0.717) is 24.7 Å². The molecule has 0 radical (unpaired) electrons. The minimum absolute atomic E-state index is 0.0696. The van der Waals surface area contributed by atoms with Gasteiger partial charge in [-0.05, 0) is 17.5 Å². The van der Waals surface area contributed by atoms with Gasteiger partial charge in [-0.1, -0.05) is 31.3 Å². The smallest absolute Gasteiger partial charge is 0.274 e. The summed E-state index contributed by atoms with van der Waals surface area (Å²) < 4.78 is 34.0. The number of benzene rings is 1. The number of carbonyl (C=O) groups is 1. The molecule has 0 saturated heterocycles. The number of aromatic nitrogens is 3. The third-order valence-corrected chi connectivity index (χ3v) is 6.50. The number of hydrogen-bond acceptors (Lipinski definition) is 7. The molecule has 0 fully saturated rings. The van der Waals surface area contributed by atoms with Gasteiger partial charge in [0.05, 0.1) is 18.2 Å². The van der Waals surface area contributed by atoms with E-state index < -0.39 is 28.7 Å². The van der Waals surface area contributed by atoms with Gasteiger partial charge in [0.25, 0.3) is 5.91 Å². The van der Waals surface area contributed by atoms with Crippen LogP contribution in [0.2, 0.25) is 0 Å². The highest BCUT2D eigenvalue weighted by atomic mass is 32.1. The van der Waals surface area contributed by atoms with Crippen LogP contribution in [0.3, 0.4) is 0 Å². The molecule has 1 unspecified atom stereocenters. The first-order chi connectivity index (χ1) is 16.2. The fourth-order valence-electron chi connectivity index (χ4n) is 4.02. The fraction of sp³-hybridized carbons (Fsp3) is 0.391. The third-order valence-electron chi connectivity index (χ3n) is 5.54. The maximum atomic E-state index is 14.0. The molecule has 0 aliphatic carbocycles. The van der Waals surface area contributed by atoms with Crippen LogP contribution in [0.15, 0.2) is 29.2 Å². The van der Waals surface area contributed by atoms with Crippen LogP contribution >= 0.6 is 11.3 Å². The minimum Gasteiger partial charge on any atom is -0.503 e. The van der Waals surface area contributed by atoms with Gasteiger partial charge in [-0.2, -0.15) is 0 Å². The van der Waals surface area contributed by atoms with Gasteiger partial charge in [0.2, 0.25) is 5.43 Å². The molecule has 2 aromatic heterocycles. The molecule has 0 saturated carbocycles. The summed E-state index contributed by atoms with van der Waals surface area (Å²) in [6.45, 7) is 5.04. The Labute approximate surface area is 198 Å². The van der Waals surface area contributed by atoms with Crippen LogP contribution in [0, 0.1) is 17.6 Å². The summed E-state index contributed by atoms with van der Waals surface area (Å²) in [5.74, 6) is -2.27. The third kappa shape index (κ3) is 4.58. The SMILES string of the molecule is COCC1Cn2cc(-c3nnc(Cc4ccc(F)cc4F)s3)c(=O)c(O)c2C(=O)N1CC(C)C. The number of rotatable bonds is 7. The van der Waals surface area contributed by atoms with Gasteiger partial charge < -0.3 is 19.3 Å². The van der Waals surface area contributed by atoms with Gasteiger partial charge in [-0.3, -0.25) is 9.59 Å². The monoisotopic (exact) mass is 490 g/mol. The van der Waals surface area contributed by atoms with Gasteiger partial charge >= 0.3 is 0 Å². The highest BCUT2D eigenvalue weighted by Gasteiger charge is 2.36. The Kier molecular flexibility index (Phi) is 6.76. The number of halogens is 2. The number of carbonyl (C=O) groups excluding carboxylic acids is 1. The van der Waals surface area contributed by atoms with E-state index in [2.05, 4.69) is 10.2 Å². The van der Waals surface area contributed by atoms with Crippen molar-refractivity contribution in [2.75, 3.05) is 20.3 Å². The van der Waals surface area contributed by atoms with E-state index in [1.54, 1.807) is 16.6 Å². The number of aromatic hydroxyl groups is 1. The lowest BCUT2D eigenvalue weighted by Crippen LogP contribution is -2.52. The first kappa shape index (κ1) is 24.0. The summed E-state index contributed by atoms with van der Waals surface area (Å²) in [5, 5.41) is 19.4. The molecule has 1 atom stereocenters. The quantitative estimate of drug-likeness (QED) is 0.547. The number of amides is 1.